The van der Waals surface area contributed by atoms with Gasteiger partial charge in [0.15, 0.2) is 5.16 Å². The summed E-state index contributed by atoms with van der Waals surface area (Å²) >= 11 is 1.38. The first kappa shape index (κ1) is 14.0. The highest BCUT2D eigenvalue weighted by molar-refractivity contribution is 7.99. The maximum atomic E-state index is 9.00. The molecule has 0 aliphatic rings. The van der Waals surface area contributed by atoms with Crippen molar-refractivity contribution in [3.05, 3.63) is 0 Å². The van der Waals surface area contributed by atoms with Gasteiger partial charge in [-0.15, -0.1) is 0 Å². The van der Waals surface area contributed by atoms with E-state index in [1.165, 1.54) is 11.8 Å². The quantitative estimate of drug-likeness (QED) is 0.741. The molecular weight excluding hydrogens is 240 g/mol. The molecule has 2 N–H and O–H groups in total. The van der Waals surface area contributed by atoms with Gasteiger partial charge < -0.3 is 15.2 Å². The van der Waals surface area contributed by atoms with E-state index in [4.69, 9.17) is 9.84 Å². The lowest BCUT2D eigenvalue weighted by Crippen LogP contribution is -2.12. The Hall–Kier alpha value is -1.08. The van der Waals surface area contributed by atoms with Gasteiger partial charge in [0.25, 0.3) is 0 Å². The maximum Gasteiger partial charge on any atom is 0.322 e. The minimum Gasteiger partial charge on any atom is -0.461 e. The summed E-state index contributed by atoms with van der Waals surface area (Å²) in [6.45, 7) is 5.79. The number of thioether (sulfide) groups is 1. The Bertz CT molecular complexity index is 362. The Morgan fingerprint density at radius 3 is 2.53 bits per heavy atom. The third-order valence-electron chi connectivity index (χ3n) is 1.72. The van der Waals surface area contributed by atoms with Crippen LogP contribution in [-0.2, 0) is 0 Å². The number of nitrogens with zero attached hydrogens (tertiary/aromatic N) is 3. The summed E-state index contributed by atoms with van der Waals surface area (Å²) in [5, 5.41) is 12.4. The minimum absolute atomic E-state index is 0.00946. The van der Waals surface area contributed by atoms with Crippen molar-refractivity contribution in [2.45, 2.75) is 37.3 Å². The van der Waals surface area contributed by atoms with Crippen molar-refractivity contribution in [2.24, 2.45) is 0 Å². The minimum atomic E-state index is 0.00946. The standard InChI is InChI=1S/C10H18N4O2S/c1-6(2)16-9-12-8(11-4)13-10(14-9)17-7(3)5-15/h6-7,15H,5H2,1-4H3,(H,11,12,13,14). The van der Waals surface area contributed by atoms with Crippen LogP contribution in [0.15, 0.2) is 5.16 Å². The first-order valence-corrected chi connectivity index (χ1v) is 6.31. The van der Waals surface area contributed by atoms with Crippen molar-refractivity contribution < 1.29 is 9.84 Å². The number of ether oxygens (including phenoxy) is 1. The third kappa shape index (κ3) is 4.74. The van der Waals surface area contributed by atoms with Crippen molar-refractivity contribution in [1.82, 2.24) is 15.0 Å². The molecule has 1 rings (SSSR count). The largest absolute Gasteiger partial charge is 0.461 e. The zero-order valence-electron chi connectivity index (χ0n) is 10.5. The number of aliphatic hydroxyl groups is 1. The Labute approximate surface area is 105 Å². The summed E-state index contributed by atoms with van der Waals surface area (Å²) in [4.78, 5) is 12.5. The van der Waals surface area contributed by atoms with E-state index in [-0.39, 0.29) is 18.0 Å². The molecule has 0 saturated heterocycles. The van der Waals surface area contributed by atoms with E-state index in [1.807, 2.05) is 20.8 Å². The van der Waals surface area contributed by atoms with E-state index in [1.54, 1.807) is 7.05 Å². The van der Waals surface area contributed by atoms with Gasteiger partial charge in [0.2, 0.25) is 5.95 Å². The van der Waals surface area contributed by atoms with Gasteiger partial charge in [-0.1, -0.05) is 18.7 Å². The lowest BCUT2D eigenvalue weighted by atomic mass is 10.5. The van der Waals surface area contributed by atoms with Crippen LogP contribution >= 0.6 is 11.8 Å². The van der Waals surface area contributed by atoms with Crippen LogP contribution in [0.3, 0.4) is 0 Å². The van der Waals surface area contributed by atoms with E-state index < -0.39 is 0 Å². The zero-order chi connectivity index (χ0) is 12.8. The number of hydrogen-bond donors (Lipinski definition) is 2. The molecule has 1 atom stereocenters. The van der Waals surface area contributed by atoms with Crippen LogP contribution in [0, 0.1) is 0 Å². The Morgan fingerprint density at radius 1 is 1.29 bits per heavy atom. The van der Waals surface area contributed by atoms with E-state index in [0.29, 0.717) is 17.1 Å². The molecule has 17 heavy (non-hydrogen) atoms. The van der Waals surface area contributed by atoms with Gasteiger partial charge in [-0.05, 0) is 13.8 Å². The predicted octanol–water partition coefficient (Wildman–Crippen LogP) is 1.17. The molecular formula is C10H18N4O2S. The van der Waals surface area contributed by atoms with Gasteiger partial charge in [0.05, 0.1) is 12.7 Å². The van der Waals surface area contributed by atoms with Crippen molar-refractivity contribution in [3.8, 4) is 6.01 Å². The van der Waals surface area contributed by atoms with Crippen LogP contribution in [0.2, 0.25) is 0 Å². The average Bonchev–Trinajstić information content (AvgIpc) is 2.27. The highest BCUT2D eigenvalue weighted by Crippen LogP contribution is 2.21. The van der Waals surface area contributed by atoms with Crippen LogP contribution in [0.5, 0.6) is 6.01 Å². The van der Waals surface area contributed by atoms with Gasteiger partial charge in [-0.2, -0.15) is 15.0 Å². The van der Waals surface area contributed by atoms with E-state index in [2.05, 4.69) is 20.3 Å². The van der Waals surface area contributed by atoms with Crippen LogP contribution in [0.25, 0.3) is 0 Å². The van der Waals surface area contributed by atoms with Crippen LogP contribution in [-0.4, -0.2) is 45.1 Å². The topological polar surface area (TPSA) is 80.2 Å². The lowest BCUT2D eigenvalue weighted by Gasteiger charge is -2.11. The molecule has 1 heterocycles. The molecule has 0 aliphatic carbocycles. The van der Waals surface area contributed by atoms with Crippen LogP contribution in [0.4, 0.5) is 5.95 Å². The predicted molar refractivity (Wildman–Crippen MR) is 67.5 cm³/mol. The van der Waals surface area contributed by atoms with Gasteiger partial charge in [0.1, 0.15) is 0 Å². The first-order valence-electron chi connectivity index (χ1n) is 5.43. The number of hydrogen-bond acceptors (Lipinski definition) is 7. The molecule has 0 amide bonds. The fraction of sp³-hybridized carbons (Fsp3) is 0.700. The number of anilines is 1. The van der Waals surface area contributed by atoms with E-state index >= 15 is 0 Å². The molecule has 0 spiro atoms. The molecule has 1 aromatic rings. The SMILES string of the molecule is CNc1nc(OC(C)C)nc(SC(C)CO)n1. The summed E-state index contributed by atoms with van der Waals surface area (Å²) in [5.74, 6) is 0.461. The maximum absolute atomic E-state index is 9.00. The van der Waals surface area contributed by atoms with E-state index in [9.17, 15) is 0 Å². The van der Waals surface area contributed by atoms with Crippen LogP contribution in [0.1, 0.15) is 20.8 Å². The first-order chi connectivity index (χ1) is 8.05. The Balaban J connectivity index is 2.88. The molecule has 0 fully saturated rings. The molecule has 0 aliphatic heterocycles. The summed E-state index contributed by atoms with van der Waals surface area (Å²) < 4.78 is 5.43. The fourth-order valence-corrected chi connectivity index (χ4v) is 1.69. The van der Waals surface area contributed by atoms with E-state index in [0.717, 1.165) is 0 Å². The Morgan fingerprint density at radius 2 is 2.00 bits per heavy atom. The number of rotatable bonds is 6. The summed E-state index contributed by atoms with van der Waals surface area (Å²) in [6.07, 6.45) is 0.00946. The number of aromatic nitrogens is 3. The van der Waals surface area contributed by atoms with Gasteiger partial charge >= 0.3 is 6.01 Å². The zero-order valence-corrected chi connectivity index (χ0v) is 11.3. The van der Waals surface area contributed by atoms with Gasteiger partial charge in [0, 0.05) is 12.3 Å². The average molecular weight is 258 g/mol. The molecule has 7 heteroatoms. The number of aliphatic hydroxyl groups excluding tert-OH is 1. The summed E-state index contributed by atoms with van der Waals surface area (Å²) in [5.41, 5.74) is 0. The van der Waals surface area contributed by atoms with Crippen molar-refractivity contribution in [3.63, 3.8) is 0 Å². The lowest BCUT2D eigenvalue weighted by molar-refractivity contribution is 0.219. The summed E-state index contributed by atoms with van der Waals surface area (Å²) in [7, 11) is 1.73. The molecule has 0 saturated carbocycles. The molecule has 6 nitrogen and oxygen atoms in total. The molecule has 96 valence electrons. The van der Waals surface area contributed by atoms with Gasteiger partial charge in [-0.3, -0.25) is 0 Å². The molecule has 1 aromatic heterocycles. The highest BCUT2D eigenvalue weighted by atomic mass is 32.2. The summed E-state index contributed by atoms with van der Waals surface area (Å²) in [6, 6.07) is 0.298. The second kappa shape index (κ2) is 6.61. The molecule has 0 aromatic carbocycles. The second-order valence-corrected chi connectivity index (χ2v) is 5.16. The van der Waals surface area contributed by atoms with Gasteiger partial charge in [-0.25, -0.2) is 0 Å². The smallest absolute Gasteiger partial charge is 0.322 e. The normalized spacial score (nSPS) is 12.6. The van der Waals surface area contributed by atoms with Crippen molar-refractivity contribution in [2.75, 3.05) is 19.0 Å². The fourth-order valence-electron chi connectivity index (χ4n) is 0.983. The molecule has 1 unspecified atom stereocenters. The number of nitrogens with one attached hydrogen (secondary N) is 1. The van der Waals surface area contributed by atoms with Crippen LogP contribution < -0.4 is 10.1 Å². The molecule has 0 bridgehead atoms. The third-order valence-corrected chi connectivity index (χ3v) is 2.67. The monoisotopic (exact) mass is 258 g/mol. The van der Waals surface area contributed by atoms with Crippen molar-refractivity contribution >= 4 is 17.7 Å². The Kier molecular flexibility index (Phi) is 5.43. The highest BCUT2D eigenvalue weighted by Gasteiger charge is 2.11. The van der Waals surface area contributed by atoms with Crippen molar-refractivity contribution in [1.29, 1.82) is 0 Å². The second-order valence-electron chi connectivity index (χ2n) is 3.75. The molecule has 0 radical (unpaired) electrons.